The first-order valence-corrected chi connectivity index (χ1v) is 4.98. The van der Waals surface area contributed by atoms with Gasteiger partial charge in [-0.05, 0) is 25.7 Å². The third kappa shape index (κ3) is 3.35. The Balaban J connectivity index is 2.31. The fourth-order valence-electron chi connectivity index (χ4n) is 1.85. The standard InChI is InChI=1S/C10H18O3/c1-7-4-3-5-9(6-7)13-8(2)10(11)12/h7-9H,3-6H2,1-2H3,(H,11,12)/t7-,8+,9-/m1/s1. The average Bonchev–Trinajstić information content (AvgIpc) is 2.04. The zero-order chi connectivity index (χ0) is 9.84. The monoisotopic (exact) mass is 186 g/mol. The quantitative estimate of drug-likeness (QED) is 0.733. The number of hydrogen-bond donors (Lipinski definition) is 1. The van der Waals surface area contributed by atoms with Crippen LogP contribution in [0.2, 0.25) is 0 Å². The van der Waals surface area contributed by atoms with E-state index >= 15 is 0 Å². The van der Waals surface area contributed by atoms with Crippen LogP contribution in [0.1, 0.15) is 39.5 Å². The van der Waals surface area contributed by atoms with Gasteiger partial charge in [-0.25, -0.2) is 4.79 Å². The molecule has 3 heteroatoms. The summed E-state index contributed by atoms with van der Waals surface area (Å²) in [6.45, 7) is 3.79. The van der Waals surface area contributed by atoms with Crippen molar-refractivity contribution < 1.29 is 14.6 Å². The minimum atomic E-state index is -0.863. The van der Waals surface area contributed by atoms with E-state index in [1.807, 2.05) is 0 Å². The normalized spacial score (nSPS) is 31.2. The molecule has 0 aromatic carbocycles. The minimum absolute atomic E-state index is 0.162. The minimum Gasteiger partial charge on any atom is -0.479 e. The summed E-state index contributed by atoms with van der Waals surface area (Å²) < 4.78 is 5.42. The highest BCUT2D eigenvalue weighted by Gasteiger charge is 2.23. The lowest BCUT2D eigenvalue weighted by atomic mass is 9.88. The maximum atomic E-state index is 10.5. The summed E-state index contributed by atoms with van der Waals surface area (Å²) in [5.74, 6) is -0.182. The van der Waals surface area contributed by atoms with Crippen molar-refractivity contribution in [2.75, 3.05) is 0 Å². The molecule has 0 heterocycles. The van der Waals surface area contributed by atoms with E-state index in [4.69, 9.17) is 9.84 Å². The van der Waals surface area contributed by atoms with E-state index < -0.39 is 12.1 Å². The second-order valence-electron chi connectivity index (χ2n) is 4.01. The van der Waals surface area contributed by atoms with Crippen molar-refractivity contribution in [1.29, 1.82) is 0 Å². The van der Waals surface area contributed by atoms with Crippen molar-refractivity contribution in [2.45, 2.75) is 51.7 Å². The SMILES string of the molecule is C[C@@H]1CCC[C@@H](O[C@@H](C)C(=O)O)C1. The molecule has 1 aliphatic carbocycles. The Morgan fingerprint density at radius 1 is 1.54 bits per heavy atom. The van der Waals surface area contributed by atoms with Crippen LogP contribution >= 0.6 is 0 Å². The maximum Gasteiger partial charge on any atom is 0.332 e. The molecular weight excluding hydrogens is 168 g/mol. The molecule has 0 aromatic rings. The first-order valence-electron chi connectivity index (χ1n) is 4.98. The van der Waals surface area contributed by atoms with Crippen molar-refractivity contribution >= 4 is 5.97 Å². The fraction of sp³-hybridized carbons (Fsp3) is 0.900. The van der Waals surface area contributed by atoms with Gasteiger partial charge in [0.25, 0.3) is 0 Å². The van der Waals surface area contributed by atoms with E-state index in [2.05, 4.69) is 6.92 Å². The number of rotatable bonds is 3. The lowest BCUT2D eigenvalue weighted by molar-refractivity contribution is -0.154. The van der Waals surface area contributed by atoms with Gasteiger partial charge in [-0.15, -0.1) is 0 Å². The highest BCUT2D eigenvalue weighted by molar-refractivity contribution is 5.71. The number of ether oxygens (including phenoxy) is 1. The largest absolute Gasteiger partial charge is 0.479 e. The van der Waals surface area contributed by atoms with E-state index in [0.717, 1.165) is 19.3 Å². The van der Waals surface area contributed by atoms with E-state index in [9.17, 15) is 4.79 Å². The fourth-order valence-corrected chi connectivity index (χ4v) is 1.85. The molecule has 0 radical (unpaired) electrons. The van der Waals surface area contributed by atoms with Gasteiger partial charge >= 0.3 is 5.97 Å². The average molecular weight is 186 g/mol. The molecule has 0 saturated heterocycles. The van der Waals surface area contributed by atoms with Crippen molar-refractivity contribution in [1.82, 2.24) is 0 Å². The molecule has 1 saturated carbocycles. The van der Waals surface area contributed by atoms with Crippen LogP contribution < -0.4 is 0 Å². The molecule has 0 aromatic heterocycles. The number of aliphatic carboxylic acids is 1. The van der Waals surface area contributed by atoms with Gasteiger partial charge in [-0.1, -0.05) is 19.8 Å². The van der Waals surface area contributed by atoms with E-state index in [1.165, 1.54) is 6.42 Å². The summed E-state index contributed by atoms with van der Waals surface area (Å²) in [5.41, 5.74) is 0. The van der Waals surface area contributed by atoms with Crippen LogP contribution in [0.25, 0.3) is 0 Å². The van der Waals surface area contributed by atoms with Gasteiger partial charge in [-0.3, -0.25) is 0 Å². The Morgan fingerprint density at radius 2 is 2.23 bits per heavy atom. The molecule has 76 valence electrons. The lowest BCUT2D eigenvalue weighted by Gasteiger charge is -2.28. The Morgan fingerprint density at radius 3 is 2.77 bits per heavy atom. The molecule has 0 unspecified atom stereocenters. The zero-order valence-corrected chi connectivity index (χ0v) is 8.32. The Labute approximate surface area is 79.1 Å². The number of carbonyl (C=O) groups is 1. The highest BCUT2D eigenvalue weighted by Crippen LogP contribution is 2.26. The van der Waals surface area contributed by atoms with Crippen LogP contribution in [-0.2, 0) is 9.53 Å². The predicted octanol–water partition coefficient (Wildman–Crippen LogP) is 2.05. The van der Waals surface area contributed by atoms with Crippen LogP contribution in [0, 0.1) is 5.92 Å². The smallest absolute Gasteiger partial charge is 0.332 e. The van der Waals surface area contributed by atoms with Crippen LogP contribution in [0.5, 0.6) is 0 Å². The second kappa shape index (κ2) is 4.61. The van der Waals surface area contributed by atoms with Gasteiger partial charge in [0.05, 0.1) is 6.10 Å². The van der Waals surface area contributed by atoms with Gasteiger partial charge in [0.15, 0.2) is 6.10 Å². The van der Waals surface area contributed by atoms with Crippen molar-refractivity contribution in [3.05, 3.63) is 0 Å². The molecule has 0 aliphatic heterocycles. The molecule has 1 rings (SSSR count). The van der Waals surface area contributed by atoms with Crippen LogP contribution in [0.4, 0.5) is 0 Å². The Hall–Kier alpha value is -0.570. The van der Waals surface area contributed by atoms with E-state index in [-0.39, 0.29) is 6.10 Å². The number of carboxylic acids is 1. The van der Waals surface area contributed by atoms with Gasteiger partial charge in [-0.2, -0.15) is 0 Å². The third-order valence-corrected chi connectivity index (χ3v) is 2.63. The molecule has 3 nitrogen and oxygen atoms in total. The van der Waals surface area contributed by atoms with Gasteiger partial charge in [0.1, 0.15) is 0 Å². The molecule has 0 spiro atoms. The van der Waals surface area contributed by atoms with Crippen molar-refractivity contribution in [3.63, 3.8) is 0 Å². The molecule has 13 heavy (non-hydrogen) atoms. The van der Waals surface area contributed by atoms with Crippen molar-refractivity contribution in [2.24, 2.45) is 5.92 Å². The summed E-state index contributed by atoms with van der Waals surface area (Å²) in [6, 6.07) is 0. The summed E-state index contributed by atoms with van der Waals surface area (Å²) in [6.07, 6.45) is 3.95. The highest BCUT2D eigenvalue weighted by atomic mass is 16.5. The zero-order valence-electron chi connectivity index (χ0n) is 8.32. The number of carboxylic acid groups (broad SMARTS) is 1. The molecule has 1 N–H and O–H groups in total. The summed E-state index contributed by atoms with van der Waals surface area (Å²) >= 11 is 0. The molecule has 1 fully saturated rings. The van der Waals surface area contributed by atoms with Gasteiger partial charge in [0, 0.05) is 0 Å². The van der Waals surface area contributed by atoms with Gasteiger partial charge in [0.2, 0.25) is 0 Å². The lowest BCUT2D eigenvalue weighted by Crippen LogP contribution is -2.29. The van der Waals surface area contributed by atoms with E-state index in [1.54, 1.807) is 6.92 Å². The molecular formula is C10H18O3. The maximum absolute atomic E-state index is 10.5. The van der Waals surface area contributed by atoms with Gasteiger partial charge < -0.3 is 9.84 Å². The van der Waals surface area contributed by atoms with Crippen LogP contribution in [0.15, 0.2) is 0 Å². The Bertz CT molecular complexity index is 179. The first kappa shape index (κ1) is 10.5. The number of hydrogen-bond acceptors (Lipinski definition) is 2. The van der Waals surface area contributed by atoms with Crippen LogP contribution in [0.3, 0.4) is 0 Å². The summed E-state index contributed by atoms with van der Waals surface area (Å²) in [5, 5.41) is 8.65. The van der Waals surface area contributed by atoms with E-state index in [0.29, 0.717) is 5.92 Å². The molecule has 1 aliphatic rings. The summed E-state index contributed by atoms with van der Waals surface area (Å²) in [4.78, 5) is 10.5. The third-order valence-electron chi connectivity index (χ3n) is 2.63. The van der Waals surface area contributed by atoms with Crippen molar-refractivity contribution in [3.8, 4) is 0 Å². The molecule has 0 amide bonds. The second-order valence-corrected chi connectivity index (χ2v) is 4.01. The summed E-state index contributed by atoms with van der Waals surface area (Å²) in [7, 11) is 0. The predicted molar refractivity (Wildman–Crippen MR) is 49.6 cm³/mol. The molecule has 0 bridgehead atoms. The topological polar surface area (TPSA) is 46.5 Å². The van der Waals surface area contributed by atoms with Crippen LogP contribution in [-0.4, -0.2) is 23.3 Å². The molecule has 3 atom stereocenters. The first-order chi connectivity index (χ1) is 6.09. The Kier molecular flexibility index (Phi) is 3.72.